The van der Waals surface area contributed by atoms with Gasteiger partial charge in [-0.3, -0.25) is 4.79 Å². The van der Waals surface area contributed by atoms with Crippen LogP contribution < -0.4 is 5.32 Å². The van der Waals surface area contributed by atoms with Gasteiger partial charge in [0.2, 0.25) is 0 Å². The second-order valence-corrected chi connectivity index (χ2v) is 5.44. The summed E-state index contributed by atoms with van der Waals surface area (Å²) in [6.07, 6.45) is 0.497. The Morgan fingerprint density at radius 3 is 1.79 bits per heavy atom. The molecule has 0 fully saturated rings. The molecular weight excluding hydrogens is 258 g/mol. The lowest BCUT2D eigenvalue weighted by atomic mass is 10.1. The minimum absolute atomic E-state index is 0.173. The fourth-order valence-electron chi connectivity index (χ4n) is 0.890. The number of ketones is 1. The number of carbonyl (C=O) groups is 1. The van der Waals surface area contributed by atoms with Crippen molar-refractivity contribution in [2.24, 2.45) is 0 Å². The van der Waals surface area contributed by atoms with E-state index in [1.54, 1.807) is 19.1 Å². The van der Waals surface area contributed by atoms with E-state index in [1.807, 2.05) is 33.0 Å². The lowest BCUT2D eigenvalue weighted by Gasteiger charge is -2.15. The van der Waals surface area contributed by atoms with Crippen LogP contribution in [0.3, 0.4) is 0 Å². The number of hydrogen-bond acceptors (Lipinski definition) is 2. The highest BCUT2D eigenvalue weighted by molar-refractivity contribution is 6.30. The van der Waals surface area contributed by atoms with Gasteiger partial charge in [0.15, 0.2) is 0 Å². The quantitative estimate of drug-likeness (QED) is 0.867. The summed E-state index contributed by atoms with van der Waals surface area (Å²) in [6, 6.07) is 7.31. The summed E-state index contributed by atoms with van der Waals surface area (Å²) in [4.78, 5) is 10.7. The Kier molecular flexibility index (Phi) is 11.9. The molecule has 0 aliphatic heterocycles. The van der Waals surface area contributed by atoms with E-state index in [-0.39, 0.29) is 5.78 Å². The van der Waals surface area contributed by atoms with Crippen LogP contribution in [0.2, 0.25) is 5.02 Å². The molecule has 19 heavy (non-hydrogen) atoms. The van der Waals surface area contributed by atoms with E-state index in [4.69, 9.17) is 11.6 Å². The molecule has 0 heterocycles. The molecule has 2 nitrogen and oxygen atoms in total. The van der Waals surface area contributed by atoms with E-state index in [0.29, 0.717) is 17.0 Å². The zero-order valence-electron chi connectivity index (χ0n) is 13.3. The monoisotopic (exact) mass is 285 g/mol. The van der Waals surface area contributed by atoms with Gasteiger partial charge in [-0.2, -0.15) is 0 Å². The number of nitrogens with one attached hydrogen (secondary N) is 1. The Hall–Kier alpha value is -0.860. The molecule has 1 aromatic carbocycles. The lowest BCUT2D eigenvalue weighted by molar-refractivity contribution is -0.116. The van der Waals surface area contributed by atoms with Gasteiger partial charge in [0.25, 0.3) is 0 Å². The van der Waals surface area contributed by atoms with Gasteiger partial charge < -0.3 is 5.32 Å². The van der Waals surface area contributed by atoms with Crippen molar-refractivity contribution in [3.63, 3.8) is 0 Å². The van der Waals surface area contributed by atoms with Crippen LogP contribution in [0.4, 0.5) is 0 Å². The maximum Gasteiger partial charge on any atom is 0.134 e. The van der Waals surface area contributed by atoms with E-state index in [1.165, 1.54) is 0 Å². The molecule has 0 saturated heterocycles. The number of carbonyl (C=O) groups excluding carboxylic acids is 1. The van der Waals surface area contributed by atoms with E-state index in [2.05, 4.69) is 26.1 Å². The van der Waals surface area contributed by atoms with Gasteiger partial charge in [-0.15, -0.1) is 0 Å². The topological polar surface area (TPSA) is 29.1 Å². The number of benzene rings is 1. The van der Waals surface area contributed by atoms with Gasteiger partial charge in [0, 0.05) is 17.0 Å². The number of Topliss-reactive ketones (excluding diaryl/α,β-unsaturated/α-hetero) is 1. The van der Waals surface area contributed by atoms with Crippen LogP contribution >= 0.6 is 11.6 Å². The number of hydrogen-bond donors (Lipinski definition) is 1. The Labute approximate surface area is 123 Å². The van der Waals surface area contributed by atoms with Crippen LogP contribution in [0.15, 0.2) is 24.3 Å². The van der Waals surface area contributed by atoms with Crippen LogP contribution in [0, 0.1) is 0 Å². The third-order valence-electron chi connectivity index (χ3n) is 2.12. The smallest absolute Gasteiger partial charge is 0.134 e. The van der Waals surface area contributed by atoms with Crippen molar-refractivity contribution in [1.82, 2.24) is 5.32 Å². The summed E-state index contributed by atoms with van der Waals surface area (Å²) in [5, 5.41) is 3.81. The molecule has 1 rings (SSSR count). The van der Waals surface area contributed by atoms with Crippen molar-refractivity contribution in [2.45, 2.75) is 53.5 Å². The third-order valence-corrected chi connectivity index (χ3v) is 2.37. The Morgan fingerprint density at radius 1 is 1.16 bits per heavy atom. The minimum Gasteiger partial charge on any atom is -0.315 e. The second-order valence-electron chi connectivity index (χ2n) is 5.01. The molecule has 0 unspecified atom stereocenters. The van der Waals surface area contributed by atoms with Crippen LogP contribution in [-0.2, 0) is 11.2 Å². The first-order valence-electron chi connectivity index (χ1n) is 6.67. The van der Waals surface area contributed by atoms with Crippen molar-refractivity contribution in [3.8, 4) is 0 Å². The van der Waals surface area contributed by atoms with E-state index >= 15 is 0 Å². The maximum absolute atomic E-state index is 10.7. The van der Waals surface area contributed by atoms with Crippen LogP contribution in [0.5, 0.6) is 0 Å². The van der Waals surface area contributed by atoms with Crippen LogP contribution in [0.1, 0.15) is 47.1 Å². The fraction of sp³-hybridized carbons (Fsp3) is 0.562. The molecule has 0 aromatic heterocycles. The average molecular weight is 286 g/mol. The highest BCUT2D eigenvalue weighted by atomic mass is 35.5. The number of rotatable bonds is 2. The SMILES string of the molecule is CC.CC(=O)Cc1ccc(Cl)cc1.CNC(C)(C)C. The Bertz CT molecular complexity index is 339. The predicted octanol–water partition coefficient (Wildman–Crippen LogP) is 4.50. The van der Waals surface area contributed by atoms with E-state index in [0.717, 1.165) is 5.56 Å². The summed E-state index contributed by atoms with van der Waals surface area (Å²) in [6.45, 7) is 12.0. The Balaban J connectivity index is 0. The first-order chi connectivity index (χ1) is 8.74. The molecule has 0 spiro atoms. The molecule has 0 aliphatic carbocycles. The van der Waals surface area contributed by atoms with Crippen LogP contribution in [0.25, 0.3) is 0 Å². The molecule has 3 heteroatoms. The van der Waals surface area contributed by atoms with Gasteiger partial charge in [-0.25, -0.2) is 0 Å². The van der Waals surface area contributed by atoms with Crippen molar-refractivity contribution in [1.29, 1.82) is 0 Å². The average Bonchev–Trinajstić information content (AvgIpc) is 2.34. The molecule has 0 atom stereocenters. The lowest BCUT2D eigenvalue weighted by Crippen LogP contribution is -2.31. The standard InChI is InChI=1S/C9H9ClO.C5H13N.C2H6/c1-7(11)6-8-2-4-9(10)5-3-8;1-5(2,3)6-4;1-2/h2-5H,6H2,1H3;6H,1-4H3;1-2H3. The highest BCUT2D eigenvalue weighted by Gasteiger charge is 2.01. The minimum atomic E-state index is 0.173. The van der Waals surface area contributed by atoms with E-state index < -0.39 is 0 Å². The zero-order chi connectivity index (χ0) is 15.5. The molecule has 110 valence electrons. The largest absolute Gasteiger partial charge is 0.315 e. The van der Waals surface area contributed by atoms with Crippen molar-refractivity contribution in [3.05, 3.63) is 34.9 Å². The molecule has 0 radical (unpaired) electrons. The van der Waals surface area contributed by atoms with Gasteiger partial charge in [-0.05, 0) is 52.4 Å². The van der Waals surface area contributed by atoms with Gasteiger partial charge in [-0.1, -0.05) is 37.6 Å². The van der Waals surface area contributed by atoms with Crippen molar-refractivity contribution >= 4 is 17.4 Å². The summed E-state index contributed by atoms with van der Waals surface area (Å²) < 4.78 is 0. The second kappa shape index (κ2) is 11.0. The molecule has 1 aromatic rings. The Morgan fingerprint density at radius 2 is 1.53 bits per heavy atom. The molecule has 0 amide bonds. The van der Waals surface area contributed by atoms with Gasteiger partial charge in [0.1, 0.15) is 5.78 Å². The summed E-state index contributed by atoms with van der Waals surface area (Å²) >= 11 is 5.66. The molecule has 0 bridgehead atoms. The van der Waals surface area contributed by atoms with E-state index in [9.17, 15) is 4.79 Å². The highest BCUT2D eigenvalue weighted by Crippen LogP contribution is 2.09. The number of halogens is 1. The predicted molar refractivity (Wildman–Crippen MR) is 86.0 cm³/mol. The zero-order valence-corrected chi connectivity index (χ0v) is 14.1. The van der Waals surface area contributed by atoms with Crippen LogP contribution in [-0.4, -0.2) is 18.4 Å². The summed E-state index contributed by atoms with van der Waals surface area (Å²) in [5.74, 6) is 0.173. The van der Waals surface area contributed by atoms with Crippen molar-refractivity contribution < 1.29 is 4.79 Å². The first kappa shape index (κ1) is 20.5. The third kappa shape index (κ3) is 15.1. The molecule has 0 aliphatic rings. The van der Waals surface area contributed by atoms with Gasteiger partial charge in [0.05, 0.1) is 0 Å². The summed E-state index contributed by atoms with van der Waals surface area (Å²) in [5.41, 5.74) is 1.31. The summed E-state index contributed by atoms with van der Waals surface area (Å²) in [7, 11) is 1.96. The van der Waals surface area contributed by atoms with Gasteiger partial charge >= 0.3 is 0 Å². The maximum atomic E-state index is 10.7. The van der Waals surface area contributed by atoms with Crippen molar-refractivity contribution in [2.75, 3.05) is 7.05 Å². The fourth-order valence-corrected chi connectivity index (χ4v) is 1.02. The first-order valence-corrected chi connectivity index (χ1v) is 7.05. The molecular formula is C16H28ClNO. The normalized spacial score (nSPS) is 9.68. The molecule has 1 N–H and O–H groups in total. The molecule has 0 saturated carbocycles.